The molecule has 3 nitrogen and oxygen atoms in total. The second kappa shape index (κ2) is 5.22. The van der Waals surface area contributed by atoms with Gasteiger partial charge in [0.2, 0.25) is 0 Å². The van der Waals surface area contributed by atoms with E-state index in [2.05, 4.69) is 4.72 Å². The molecule has 0 aliphatic heterocycles. The molecule has 0 bridgehead atoms. The molecule has 2 aromatic rings. The zero-order chi connectivity index (χ0) is 13.2. The zero-order valence-electron chi connectivity index (χ0n) is 10.3. The highest BCUT2D eigenvalue weighted by atomic mass is 32.2. The van der Waals surface area contributed by atoms with E-state index in [9.17, 15) is 8.42 Å². The molecule has 0 saturated carbocycles. The third-order valence-electron chi connectivity index (χ3n) is 2.67. The van der Waals surface area contributed by atoms with Gasteiger partial charge in [0, 0.05) is 6.04 Å². The summed E-state index contributed by atoms with van der Waals surface area (Å²) in [6.07, 6.45) is 0. The van der Waals surface area contributed by atoms with Gasteiger partial charge in [-0.1, -0.05) is 35.9 Å². The van der Waals surface area contributed by atoms with Gasteiger partial charge in [-0.2, -0.15) is 0 Å². The van der Waals surface area contributed by atoms with Crippen LogP contribution in [0.25, 0.3) is 0 Å². The van der Waals surface area contributed by atoms with Gasteiger partial charge in [0.05, 0.1) is 0 Å². The first-order valence-corrected chi connectivity index (χ1v) is 7.98. The van der Waals surface area contributed by atoms with Crippen molar-refractivity contribution in [2.45, 2.75) is 24.1 Å². The Balaban J connectivity index is 2.17. The van der Waals surface area contributed by atoms with E-state index in [0.717, 1.165) is 11.1 Å². The third kappa shape index (κ3) is 2.98. The van der Waals surface area contributed by atoms with Crippen molar-refractivity contribution in [2.24, 2.45) is 0 Å². The largest absolute Gasteiger partial charge is 0.250 e. The molecule has 1 heterocycles. The average molecular weight is 281 g/mol. The Hall–Kier alpha value is -1.17. The lowest BCUT2D eigenvalue weighted by Crippen LogP contribution is -2.26. The van der Waals surface area contributed by atoms with Crippen LogP contribution in [0.2, 0.25) is 0 Å². The summed E-state index contributed by atoms with van der Waals surface area (Å²) in [7, 11) is -3.41. The molecule has 0 saturated heterocycles. The minimum absolute atomic E-state index is 0.238. The quantitative estimate of drug-likeness (QED) is 0.936. The van der Waals surface area contributed by atoms with Gasteiger partial charge in [-0.05, 0) is 30.9 Å². The molecule has 18 heavy (non-hydrogen) atoms. The summed E-state index contributed by atoms with van der Waals surface area (Å²) in [4.78, 5) is 0. The number of sulfonamides is 1. The van der Waals surface area contributed by atoms with Gasteiger partial charge in [0.1, 0.15) is 4.21 Å². The van der Waals surface area contributed by atoms with Crippen molar-refractivity contribution in [3.05, 3.63) is 52.9 Å². The van der Waals surface area contributed by atoms with Crippen LogP contribution in [-0.2, 0) is 10.0 Å². The second-order valence-electron chi connectivity index (χ2n) is 4.19. The average Bonchev–Trinajstić information content (AvgIpc) is 2.83. The molecular formula is C13H15NO2S2. The maximum atomic E-state index is 12.0. The van der Waals surface area contributed by atoms with Crippen LogP contribution in [0.1, 0.15) is 24.1 Å². The van der Waals surface area contributed by atoms with Gasteiger partial charge in [-0.15, -0.1) is 11.3 Å². The lowest BCUT2D eigenvalue weighted by molar-refractivity contribution is 0.569. The van der Waals surface area contributed by atoms with Gasteiger partial charge >= 0.3 is 0 Å². The van der Waals surface area contributed by atoms with E-state index < -0.39 is 10.0 Å². The van der Waals surface area contributed by atoms with E-state index in [0.29, 0.717) is 4.21 Å². The number of thiophene rings is 1. The number of hydrogen-bond donors (Lipinski definition) is 1. The molecule has 1 aromatic heterocycles. The second-order valence-corrected chi connectivity index (χ2v) is 7.07. The van der Waals surface area contributed by atoms with Crippen LogP contribution in [-0.4, -0.2) is 8.42 Å². The molecule has 0 fully saturated rings. The highest BCUT2D eigenvalue weighted by molar-refractivity contribution is 7.91. The van der Waals surface area contributed by atoms with E-state index in [1.165, 1.54) is 11.3 Å². The molecule has 0 spiro atoms. The fourth-order valence-corrected chi connectivity index (χ4v) is 3.87. The van der Waals surface area contributed by atoms with Gasteiger partial charge in [0.15, 0.2) is 0 Å². The maximum Gasteiger partial charge on any atom is 0.250 e. The predicted octanol–water partition coefficient (Wildman–Crippen LogP) is 3.10. The summed E-state index contributed by atoms with van der Waals surface area (Å²) in [6.45, 7) is 3.85. The standard InChI is InChI=1S/C13H15NO2S2/c1-10-5-7-12(8-6-10)11(2)14-18(15,16)13-4-3-9-17-13/h3-9,11,14H,1-2H3/t11-/m0/s1. The first-order valence-electron chi connectivity index (χ1n) is 5.61. The number of aryl methyl sites for hydroxylation is 1. The summed E-state index contributed by atoms with van der Waals surface area (Å²) < 4.78 is 27.1. The zero-order valence-corrected chi connectivity index (χ0v) is 11.9. The molecule has 96 valence electrons. The van der Waals surface area contributed by atoms with Crippen LogP contribution in [0.4, 0.5) is 0 Å². The van der Waals surface area contributed by atoms with Gasteiger partial charge < -0.3 is 0 Å². The van der Waals surface area contributed by atoms with Crippen molar-refractivity contribution < 1.29 is 8.42 Å². The van der Waals surface area contributed by atoms with Gasteiger partial charge in [-0.25, -0.2) is 13.1 Å². The van der Waals surface area contributed by atoms with Crippen LogP contribution in [0.5, 0.6) is 0 Å². The first-order chi connectivity index (χ1) is 8.49. The van der Waals surface area contributed by atoms with Crippen molar-refractivity contribution in [2.75, 3.05) is 0 Å². The Morgan fingerprint density at radius 2 is 1.83 bits per heavy atom. The number of nitrogens with one attached hydrogen (secondary N) is 1. The highest BCUT2D eigenvalue weighted by Crippen LogP contribution is 2.20. The molecule has 0 radical (unpaired) electrons. The monoisotopic (exact) mass is 281 g/mol. The topological polar surface area (TPSA) is 46.2 Å². The SMILES string of the molecule is Cc1ccc([C@H](C)NS(=O)(=O)c2cccs2)cc1. The maximum absolute atomic E-state index is 12.0. The van der Waals surface area contributed by atoms with E-state index >= 15 is 0 Å². The third-order valence-corrected chi connectivity index (χ3v) is 5.61. The van der Waals surface area contributed by atoms with Crippen LogP contribution in [0.3, 0.4) is 0 Å². The van der Waals surface area contributed by atoms with Crippen LogP contribution < -0.4 is 4.72 Å². The molecule has 2 rings (SSSR count). The van der Waals surface area contributed by atoms with Crippen molar-refractivity contribution in [3.8, 4) is 0 Å². The molecule has 0 aliphatic rings. The highest BCUT2D eigenvalue weighted by Gasteiger charge is 2.18. The van der Waals surface area contributed by atoms with E-state index in [1.807, 2.05) is 38.1 Å². The molecule has 0 amide bonds. The Morgan fingerprint density at radius 3 is 2.39 bits per heavy atom. The minimum Gasteiger partial charge on any atom is -0.206 e. The Labute approximate surface area is 112 Å². The lowest BCUT2D eigenvalue weighted by atomic mass is 10.1. The fraction of sp³-hybridized carbons (Fsp3) is 0.231. The molecule has 1 N–H and O–H groups in total. The summed E-state index contributed by atoms with van der Waals surface area (Å²) in [5.74, 6) is 0. The van der Waals surface area contributed by atoms with Crippen molar-refractivity contribution >= 4 is 21.4 Å². The molecule has 0 unspecified atom stereocenters. The van der Waals surface area contributed by atoms with E-state index in [4.69, 9.17) is 0 Å². The summed E-state index contributed by atoms with van der Waals surface area (Å²) in [5, 5.41) is 1.76. The molecule has 1 atom stereocenters. The molecule has 5 heteroatoms. The van der Waals surface area contributed by atoms with Crippen molar-refractivity contribution in [1.82, 2.24) is 4.72 Å². The fourth-order valence-electron chi connectivity index (χ4n) is 1.63. The predicted molar refractivity (Wildman–Crippen MR) is 74.2 cm³/mol. The Morgan fingerprint density at radius 1 is 1.17 bits per heavy atom. The van der Waals surface area contributed by atoms with Crippen LogP contribution in [0, 0.1) is 6.92 Å². The van der Waals surface area contributed by atoms with Gasteiger partial charge in [0.25, 0.3) is 10.0 Å². The first kappa shape index (κ1) is 13.3. The van der Waals surface area contributed by atoms with E-state index in [-0.39, 0.29) is 6.04 Å². The van der Waals surface area contributed by atoms with Gasteiger partial charge in [-0.3, -0.25) is 0 Å². The van der Waals surface area contributed by atoms with Crippen LogP contribution in [0.15, 0.2) is 46.0 Å². The lowest BCUT2D eigenvalue weighted by Gasteiger charge is -2.14. The summed E-state index contributed by atoms with van der Waals surface area (Å²) in [6, 6.07) is 10.9. The Kier molecular flexibility index (Phi) is 3.85. The molecule has 0 aliphatic carbocycles. The van der Waals surface area contributed by atoms with Crippen molar-refractivity contribution in [3.63, 3.8) is 0 Å². The van der Waals surface area contributed by atoms with Crippen molar-refractivity contribution in [1.29, 1.82) is 0 Å². The molecular weight excluding hydrogens is 266 g/mol. The number of benzene rings is 1. The van der Waals surface area contributed by atoms with E-state index in [1.54, 1.807) is 17.5 Å². The summed E-state index contributed by atoms with van der Waals surface area (Å²) >= 11 is 1.22. The molecule has 1 aromatic carbocycles. The number of hydrogen-bond acceptors (Lipinski definition) is 3. The number of rotatable bonds is 4. The Bertz CT molecular complexity index is 601. The normalized spacial score (nSPS) is 13.4. The smallest absolute Gasteiger partial charge is 0.206 e. The minimum atomic E-state index is -3.41. The van der Waals surface area contributed by atoms with Crippen LogP contribution >= 0.6 is 11.3 Å². The summed E-state index contributed by atoms with van der Waals surface area (Å²) in [5.41, 5.74) is 2.12.